The van der Waals surface area contributed by atoms with E-state index in [1.54, 1.807) is 11.3 Å². The SMILES string of the molecule is CCOC(=O)c1nc(NC2CCC(C)CC2C)sc1C. The highest BCUT2D eigenvalue weighted by molar-refractivity contribution is 7.15. The van der Waals surface area contributed by atoms with Gasteiger partial charge in [-0.25, -0.2) is 9.78 Å². The quantitative estimate of drug-likeness (QED) is 0.857. The number of thiazole rings is 1. The Labute approximate surface area is 124 Å². The number of rotatable bonds is 4. The van der Waals surface area contributed by atoms with Crippen LogP contribution in [0.25, 0.3) is 0 Å². The third-order valence-corrected chi connectivity index (χ3v) is 4.91. The van der Waals surface area contributed by atoms with Gasteiger partial charge in [0.05, 0.1) is 6.61 Å². The molecule has 3 atom stereocenters. The lowest BCUT2D eigenvalue weighted by molar-refractivity contribution is 0.0519. The Morgan fingerprint density at radius 2 is 2.20 bits per heavy atom. The Balaban J connectivity index is 2.03. The lowest BCUT2D eigenvalue weighted by atomic mass is 9.80. The minimum absolute atomic E-state index is 0.320. The van der Waals surface area contributed by atoms with E-state index in [9.17, 15) is 4.79 Å². The van der Waals surface area contributed by atoms with E-state index >= 15 is 0 Å². The van der Waals surface area contributed by atoms with Gasteiger partial charge in [0, 0.05) is 10.9 Å². The van der Waals surface area contributed by atoms with Crippen LogP contribution in [0.15, 0.2) is 0 Å². The number of carbonyl (C=O) groups excluding carboxylic acids is 1. The molecule has 112 valence electrons. The zero-order valence-corrected chi connectivity index (χ0v) is 13.5. The fraction of sp³-hybridized carbons (Fsp3) is 0.733. The van der Waals surface area contributed by atoms with Gasteiger partial charge in [0.15, 0.2) is 10.8 Å². The second-order valence-corrected chi connectivity index (χ2v) is 6.99. The van der Waals surface area contributed by atoms with Gasteiger partial charge in [0.25, 0.3) is 0 Å². The predicted molar refractivity (Wildman–Crippen MR) is 82.4 cm³/mol. The second kappa shape index (κ2) is 6.57. The zero-order chi connectivity index (χ0) is 14.7. The molecule has 1 heterocycles. The number of hydrogen-bond donors (Lipinski definition) is 1. The van der Waals surface area contributed by atoms with E-state index < -0.39 is 0 Å². The molecular formula is C15H24N2O2S. The third kappa shape index (κ3) is 3.51. The first kappa shape index (κ1) is 15.3. The number of ether oxygens (including phenoxy) is 1. The lowest BCUT2D eigenvalue weighted by Gasteiger charge is -2.33. The van der Waals surface area contributed by atoms with Crippen molar-refractivity contribution in [3.63, 3.8) is 0 Å². The molecule has 5 heteroatoms. The van der Waals surface area contributed by atoms with Crippen LogP contribution >= 0.6 is 11.3 Å². The number of anilines is 1. The van der Waals surface area contributed by atoms with Crippen LogP contribution in [-0.2, 0) is 4.74 Å². The standard InChI is InChI=1S/C15H24N2O2S/c1-5-19-14(18)13-11(4)20-15(17-13)16-12-7-6-9(2)8-10(12)3/h9-10,12H,5-8H2,1-4H3,(H,16,17). The number of aryl methyl sites for hydroxylation is 1. The molecule has 1 aliphatic rings. The number of esters is 1. The van der Waals surface area contributed by atoms with E-state index in [2.05, 4.69) is 24.1 Å². The summed E-state index contributed by atoms with van der Waals surface area (Å²) in [5.74, 6) is 1.14. The molecular weight excluding hydrogens is 272 g/mol. The zero-order valence-electron chi connectivity index (χ0n) is 12.7. The van der Waals surface area contributed by atoms with Gasteiger partial charge in [0.2, 0.25) is 0 Å². The van der Waals surface area contributed by atoms with Crippen molar-refractivity contribution < 1.29 is 9.53 Å². The van der Waals surface area contributed by atoms with Gasteiger partial charge in [-0.05, 0) is 44.9 Å². The van der Waals surface area contributed by atoms with Gasteiger partial charge < -0.3 is 10.1 Å². The smallest absolute Gasteiger partial charge is 0.358 e. The average molecular weight is 296 g/mol. The Bertz CT molecular complexity index is 472. The summed E-state index contributed by atoms with van der Waals surface area (Å²) in [6, 6.07) is 0.465. The summed E-state index contributed by atoms with van der Waals surface area (Å²) >= 11 is 1.54. The fourth-order valence-electron chi connectivity index (χ4n) is 2.89. The fourth-order valence-corrected chi connectivity index (χ4v) is 3.75. The minimum Gasteiger partial charge on any atom is -0.461 e. The maximum atomic E-state index is 11.8. The van der Waals surface area contributed by atoms with Crippen molar-refractivity contribution in [3.05, 3.63) is 10.6 Å². The maximum absolute atomic E-state index is 11.8. The summed E-state index contributed by atoms with van der Waals surface area (Å²) in [5, 5.41) is 4.35. The molecule has 1 fully saturated rings. The van der Waals surface area contributed by atoms with Gasteiger partial charge in [-0.2, -0.15) is 0 Å². The highest BCUT2D eigenvalue weighted by Gasteiger charge is 2.26. The van der Waals surface area contributed by atoms with E-state index in [0.29, 0.717) is 24.3 Å². The average Bonchev–Trinajstić information content (AvgIpc) is 2.74. The van der Waals surface area contributed by atoms with Crippen molar-refractivity contribution in [1.82, 2.24) is 4.98 Å². The topological polar surface area (TPSA) is 51.2 Å². The van der Waals surface area contributed by atoms with Crippen molar-refractivity contribution in [2.24, 2.45) is 11.8 Å². The van der Waals surface area contributed by atoms with Gasteiger partial charge in [-0.15, -0.1) is 11.3 Å². The molecule has 0 bridgehead atoms. The Hall–Kier alpha value is -1.10. The molecule has 20 heavy (non-hydrogen) atoms. The molecule has 2 rings (SSSR count). The highest BCUT2D eigenvalue weighted by atomic mass is 32.1. The Morgan fingerprint density at radius 1 is 1.45 bits per heavy atom. The van der Waals surface area contributed by atoms with E-state index in [0.717, 1.165) is 15.9 Å². The highest BCUT2D eigenvalue weighted by Crippen LogP contribution is 2.32. The Morgan fingerprint density at radius 3 is 2.85 bits per heavy atom. The van der Waals surface area contributed by atoms with Crippen LogP contribution in [0.4, 0.5) is 5.13 Å². The van der Waals surface area contributed by atoms with Gasteiger partial charge >= 0.3 is 5.97 Å². The predicted octanol–water partition coefficient (Wildman–Crippen LogP) is 3.86. The number of hydrogen-bond acceptors (Lipinski definition) is 5. The first-order chi connectivity index (χ1) is 9.51. The number of carbonyl (C=O) groups is 1. The number of aromatic nitrogens is 1. The van der Waals surface area contributed by atoms with Crippen molar-refractivity contribution in [1.29, 1.82) is 0 Å². The van der Waals surface area contributed by atoms with Crippen molar-refractivity contribution in [2.45, 2.75) is 53.0 Å². The molecule has 1 aromatic heterocycles. The molecule has 0 amide bonds. The van der Waals surface area contributed by atoms with Crippen LogP contribution in [0.2, 0.25) is 0 Å². The first-order valence-electron chi connectivity index (χ1n) is 7.42. The molecule has 4 nitrogen and oxygen atoms in total. The van der Waals surface area contributed by atoms with Crippen molar-refractivity contribution >= 4 is 22.4 Å². The summed E-state index contributed by atoms with van der Waals surface area (Å²) in [7, 11) is 0. The molecule has 0 saturated heterocycles. The van der Waals surface area contributed by atoms with E-state index in [-0.39, 0.29) is 5.97 Å². The molecule has 1 N–H and O–H groups in total. The maximum Gasteiger partial charge on any atom is 0.358 e. The van der Waals surface area contributed by atoms with E-state index in [1.165, 1.54) is 19.3 Å². The number of nitrogens with one attached hydrogen (secondary N) is 1. The molecule has 0 spiro atoms. The molecule has 0 radical (unpaired) electrons. The monoisotopic (exact) mass is 296 g/mol. The van der Waals surface area contributed by atoms with Gasteiger partial charge in [0.1, 0.15) is 0 Å². The van der Waals surface area contributed by atoms with Crippen molar-refractivity contribution in [2.75, 3.05) is 11.9 Å². The minimum atomic E-state index is -0.320. The van der Waals surface area contributed by atoms with Crippen LogP contribution in [0, 0.1) is 18.8 Å². The molecule has 3 unspecified atom stereocenters. The van der Waals surface area contributed by atoms with Crippen LogP contribution in [0.3, 0.4) is 0 Å². The summed E-state index contributed by atoms with van der Waals surface area (Å²) in [4.78, 5) is 17.1. The lowest BCUT2D eigenvalue weighted by Crippen LogP contribution is -2.32. The molecule has 1 aliphatic carbocycles. The largest absolute Gasteiger partial charge is 0.461 e. The van der Waals surface area contributed by atoms with E-state index in [1.807, 2.05) is 13.8 Å². The normalized spacial score (nSPS) is 26.3. The molecule has 0 aromatic carbocycles. The number of nitrogens with zero attached hydrogens (tertiary/aromatic N) is 1. The molecule has 1 aromatic rings. The summed E-state index contributed by atoms with van der Waals surface area (Å²) in [6.45, 7) is 8.72. The first-order valence-corrected chi connectivity index (χ1v) is 8.24. The van der Waals surface area contributed by atoms with Crippen molar-refractivity contribution in [3.8, 4) is 0 Å². The summed E-state index contributed by atoms with van der Waals surface area (Å²) in [5.41, 5.74) is 0.455. The third-order valence-electron chi connectivity index (χ3n) is 4.01. The van der Waals surface area contributed by atoms with Crippen LogP contribution in [-0.4, -0.2) is 23.6 Å². The molecule has 0 aliphatic heterocycles. The Kier molecular flexibility index (Phi) is 5.02. The van der Waals surface area contributed by atoms with Crippen LogP contribution in [0.5, 0.6) is 0 Å². The summed E-state index contributed by atoms with van der Waals surface area (Å²) in [6.07, 6.45) is 3.69. The molecule has 1 saturated carbocycles. The van der Waals surface area contributed by atoms with Gasteiger partial charge in [-0.1, -0.05) is 13.8 Å². The van der Waals surface area contributed by atoms with Gasteiger partial charge in [-0.3, -0.25) is 0 Å². The van der Waals surface area contributed by atoms with E-state index in [4.69, 9.17) is 4.74 Å². The van der Waals surface area contributed by atoms with Crippen LogP contribution in [0.1, 0.15) is 55.4 Å². The summed E-state index contributed by atoms with van der Waals surface area (Å²) < 4.78 is 5.02. The second-order valence-electron chi connectivity index (χ2n) is 5.79. The van der Waals surface area contributed by atoms with Crippen LogP contribution < -0.4 is 5.32 Å².